The molecular formula is C23H16NNa3O6. The molecule has 3 aromatic rings. The summed E-state index contributed by atoms with van der Waals surface area (Å²) in [6, 6.07) is 20.5. The normalized spacial score (nSPS) is 9.45. The summed E-state index contributed by atoms with van der Waals surface area (Å²) in [6.07, 6.45) is 0. The van der Waals surface area contributed by atoms with Gasteiger partial charge in [0, 0.05) is 23.4 Å². The Bertz CT molecular complexity index is 1090. The number of hydrogen-bond acceptors (Lipinski definition) is 7. The second kappa shape index (κ2) is 15.0. The smallest absolute Gasteiger partial charge is 0.548 e. The van der Waals surface area contributed by atoms with Gasteiger partial charge in [0.05, 0.1) is 24.5 Å². The molecule has 0 aliphatic heterocycles. The number of aromatic carboxylic acids is 2. The van der Waals surface area contributed by atoms with Crippen LogP contribution in [0.15, 0.2) is 72.8 Å². The van der Waals surface area contributed by atoms with Crippen molar-refractivity contribution in [2.24, 2.45) is 0 Å². The van der Waals surface area contributed by atoms with Gasteiger partial charge >= 0.3 is 88.7 Å². The first-order chi connectivity index (χ1) is 14.3. The quantitative estimate of drug-likeness (QED) is 0.299. The van der Waals surface area contributed by atoms with E-state index >= 15 is 0 Å². The molecule has 0 aliphatic carbocycles. The van der Waals surface area contributed by atoms with Gasteiger partial charge in [-0.25, -0.2) is 0 Å². The number of rotatable bonds is 8. The fourth-order valence-corrected chi connectivity index (χ4v) is 3.15. The number of carbonyl (C=O) groups is 3. The molecule has 0 N–H and O–H groups in total. The van der Waals surface area contributed by atoms with Gasteiger partial charge in [0.2, 0.25) is 0 Å². The van der Waals surface area contributed by atoms with E-state index in [-0.39, 0.29) is 95.2 Å². The van der Waals surface area contributed by atoms with Crippen molar-refractivity contribution in [3.8, 4) is 11.1 Å². The van der Waals surface area contributed by atoms with Gasteiger partial charge in [-0.1, -0.05) is 54.6 Å². The zero-order chi connectivity index (χ0) is 21.7. The number of nitrogens with zero attached hydrogens (tertiary/aromatic N) is 1. The molecule has 152 valence electrons. The predicted octanol–water partition coefficient (Wildman–Crippen LogP) is -9.15. The van der Waals surface area contributed by atoms with Gasteiger partial charge in [-0.05, 0) is 34.9 Å². The number of carbonyl (C=O) groups excluding carboxylic acids is 3. The molecule has 0 saturated heterocycles. The molecule has 0 bridgehead atoms. The zero-order valence-electron chi connectivity index (χ0n) is 18.7. The van der Waals surface area contributed by atoms with Crippen LogP contribution in [0.1, 0.15) is 26.3 Å². The first-order valence-corrected chi connectivity index (χ1v) is 9.01. The summed E-state index contributed by atoms with van der Waals surface area (Å²) < 4.78 is 0. The van der Waals surface area contributed by atoms with Crippen LogP contribution >= 0.6 is 0 Å². The monoisotopic (exact) mass is 471 g/mol. The summed E-state index contributed by atoms with van der Waals surface area (Å²) in [7, 11) is 0. The molecule has 0 saturated carbocycles. The summed E-state index contributed by atoms with van der Waals surface area (Å²) in [5.41, 5.74) is 1.90. The van der Waals surface area contributed by atoms with Crippen molar-refractivity contribution in [3.63, 3.8) is 0 Å². The van der Waals surface area contributed by atoms with E-state index in [1.54, 1.807) is 12.1 Å². The van der Waals surface area contributed by atoms with Crippen LogP contribution in [0.5, 0.6) is 0 Å². The Morgan fingerprint density at radius 2 is 1.21 bits per heavy atom. The predicted molar refractivity (Wildman–Crippen MR) is 103 cm³/mol. The number of anilines is 1. The topological polar surface area (TPSA) is 124 Å². The summed E-state index contributed by atoms with van der Waals surface area (Å²) in [6.45, 7) is -0.417. The fourth-order valence-electron chi connectivity index (χ4n) is 3.15. The van der Waals surface area contributed by atoms with Crippen molar-refractivity contribution in [2.45, 2.75) is 6.54 Å². The summed E-state index contributed by atoms with van der Waals surface area (Å²) >= 11 is 0. The Kier molecular flexibility index (Phi) is 14.5. The average Bonchev–Trinajstić information content (AvgIpc) is 2.73. The summed E-state index contributed by atoms with van der Waals surface area (Å²) in [4.78, 5) is 35.1. The Balaban J connectivity index is 0.00000341. The van der Waals surface area contributed by atoms with Crippen LogP contribution < -0.4 is 109 Å². The molecule has 0 heterocycles. The van der Waals surface area contributed by atoms with Crippen LogP contribution in [0.4, 0.5) is 5.69 Å². The van der Waals surface area contributed by atoms with E-state index in [9.17, 15) is 29.7 Å². The minimum Gasteiger partial charge on any atom is -0.548 e. The number of carboxylic acids is 3. The third-order valence-corrected chi connectivity index (χ3v) is 4.56. The molecule has 10 heteroatoms. The van der Waals surface area contributed by atoms with Gasteiger partial charge in [-0.15, -0.1) is 0 Å². The first kappa shape index (κ1) is 31.9. The maximum Gasteiger partial charge on any atom is 1.00 e. The number of benzene rings is 3. The van der Waals surface area contributed by atoms with Crippen molar-refractivity contribution in [1.82, 2.24) is 0 Å². The number of aliphatic carboxylic acids is 1. The zero-order valence-corrected chi connectivity index (χ0v) is 24.7. The first-order valence-electron chi connectivity index (χ1n) is 9.01. The van der Waals surface area contributed by atoms with Crippen LogP contribution in [-0.4, -0.2) is 24.5 Å². The third-order valence-electron chi connectivity index (χ3n) is 4.56. The van der Waals surface area contributed by atoms with Gasteiger partial charge in [0.25, 0.3) is 0 Å². The van der Waals surface area contributed by atoms with E-state index in [4.69, 9.17) is 0 Å². The van der Waals surface area contributed by atoms with Crippen LogP contribution in [0.25, 0.3) is 11.1 Å². The Hall–Kier alpha value is -1.13. The van der Waals surface area contributed by atoms with Gasteiger partial charge in [0.1, 0.15) is 0 Å². The van der Waals surface area contributed by atoms with E-state index in [2.05, 4.69) is 0 Å². The molecule has 0 aliphatic rings. The summed E-state index contributed by atoms with van der Waals surface area (Å²) in [5.74, 6) is -4.60. The van der Waals surface area contributed by atoms with E-state index in [1.807, 2.05) is 42.5 Å². The Morgan fingerprint density at radius 1 is 0.667 bits per heavy atom. The molecule has 0 fully saturated rings. The van der Waals surface area contributed by atoms with E-state index < -0.39 is 35.6 Å². The van der Waals surface area contributed by atoms with Crippen molar-refractivity contribution in [2.75, 3.05) is 11.4 Å². The van der Waals surface area contributed by atoms with Gasteiger partial charge < -0.3 is 34.6 Å². The maximum atomic E-state index is 11.3. The van der Waals surface area contributed by atoms with Gasteiger partial charge in [0.15, 0.2) is 0 Å². The molecule has 0 aromatic heterocycles. The van der Waals surface area contributed by atoms with Crippen LogP contribution in [0.2, 0.25) is 0 Å². The van der Waals surface area contributed by atoms with E-state index in [0.717, 1.165) is 23.3 Å². The second-order valence-corrected chi connectivity index (χ2v) is 6.60. The Morgan fingerprint density at radius 3 is 1.73 bits per heavy atom. The standard InChI is InChI=1S/C23H19NO6.3Na/c25-21(26)14-24(13-15-6-11-19(22(27)28)20(12-15)23(29)30)18-9-7-17(8-10-18)16-4-2-1-3-5-16;;;/h1-12H,13-14H2,(H,25,26)(H,27,28)(H,29,30);;;/q;3*+1/p-3. The largest absolute Gasteiger partial charge is 1.00 e. The molecule has 0 radical (unpaired) electrons. The molecule has 3 rings (SSSR count). The molecule has 0 unspecified atom stereocenters. The van der Waals surface area contributed by atoms with Crippen LogP contribution in [0, 0.1) is 0 Å². The third kappa shape index (κ3) is 8.87. The SMILES string of the molecule is O=C([O-])CN(Cc1ccc(C(=O)[O-])c(C(=O)[O-])c1)c1ccc(-c2ccccc2)cc1.[Na+].[Na+].[Na+]. The average molecular weight is 471 g/mol. The van der Waals surface area contributed by atoms with Crippen molar-refractivity contribution in [1.29, 1.82) is 0 Å². The molecule has 3 aromatic carbocycles. The fraction of sp³-hybridized carbons (Fsp3) is 0.0870. The minimum absolute atomic E-state index is 0. The molecule has 7 nitrogen and oxygen atoms in total. The summed E-state index contributed by atoms with van der Waals surface area (Å²) in [5, 5.41) is 33.6. The van der Waals surface area contributed by atoms with Crippen molar-refractivity contribution >= 4 is 23.6 Å². The van der Waals surface area contributed by atoms with Crippen molar-refractivity contribution < 1.29 is 118 Å². The Labute approximate surface area is 257 Å². The maximum absolute atomic E-state index is 11.3. The molecule has 0 amide bonds. The van der Waals surface area contributed by atoms with Crippen LogP contribution in [0.3, 0.4) is 0 Å². The molecular weight excluding hydrogens is 455 g/mol. The molecule has 0 atom stereocenters. The molecule has 33 heavy (non-hydrogen) atoms. The van der Waals surface area contributed by atoms with Crippen LogP contribution in [-0.2, 0) is 11.3 Å². The minimum atomic E-state index is -1.66. The second-order valence-electron chi connectivity index (χ2n) is 6.60. The van der Waals surface area contributed by atoms with E-state index in [1.165, 1.54) is 11.0 Å². The number of hydrogen-bond donors (Lipinski definition) is 0. The number of carboxylic acid groups (broad SMARTS) is 3. The van der Waals surface area contributed by atoms with Crippen molar-refractivity contribution in [3.05, 3.63) is 89.5 Å². The van der Waals surface area contributed by atoms with Gasteiger partial charge in [-0.2, -0.15) is 0 Å². The van der Waals surface area contributed by atoms with E-state index in [0.29, 0.717) is 11.3 Å². The van der Waals surface area contributed by atoms with Gasteiger partial charge in [-0.3, -0.25) is 0 Å². The molecule has 0 spiro atoms.